The molecule has 2 rings (SSSR count). The third kappa shape index (κ3) is 6.40. The molecule has 30 heavy (non-hydrogen) atoms. The summed E-state index contributed by atoms with van der Waals surface area (Å²) < 4.78 is 49.2. The van der Waals surface area contributed by atoms with Crippen molar-refractivity contribution >= 4 is 17.7 Å². The summed E-state index contributed by atoms with van der Waals surface area (Å²) in [7, 11) is 0. The van der Waals surface area contributed by atoms with Gasteiger partial charge in [-0.1, -0.05) is 36.9 Å². The first-order valence-electron chi connectivity index (χ1n) is 8.70. The molecule has 0 unspecified atom stereocenters. The van der Waals surface area contributed by atoms with E-state index in [1.165, 1.54) is 18.2 Å². The highest BCUT2D eigenvalue weighted by molar-refractivity contribution is 6.08. The number of esters is 1. The van der Waals surface area contributed by atoms with Crippen molar-refractivity contribution in [2.45, 2.75) is 13.1 Å². The van der Waals surface area contributed by atoms with Gasteiger partial charge >= 0.3 is 12.1 Å². The molecule has 1 N–H and O–H groups in total. The normalized spacial score (nSPS) is 12.3. The molecule has 2 aromatic rings. The molecule has 6 nitrogen and oxygen atoms in total. The quantitative estimate of drug-likeness (QED) is 0.245. The van der Waals surface area contributed by atoms with E-state index in [1.54, 1.807) is 37.3 Å². The zero-order chi connectivity index (χ0) is 22.1. The largest absolute Gasteiger partial charge is 0.462 e. The fourth-order valence-corrected chi connectivity index (χ4v) is 2.13. The molecular weight excluding hydrogens is 399 g/mol. The van der Waals surface area contributed by atoms with Gasteiger partial charge in [0.05, 0.1) is 12.2 Å². The van der Waals surface area contributed by atoms with E-state index in [1.807, 2.05) is 0 Å². The Morgan fingerprint density at radius 1 is 1.20 bits per heavy atom. The van der Waals surface area contributed by atoms with Crippen molar-refractivity contribution in [3.8, 4) is 5.75 Å². The van der Waals surface area contributed by atoms with E-state index < -0.39 is 23.7 Å². The van der Waals surface area contributed by atoms with Crippen LogP contribution in [0.25, 0.3) is 0 Å². The van der Waals surface area contributed by atoms with E-state index in [-0.39, 0.29) is 23.8 Å². The van der Waals surface area contributed by atoms with Crippen molar-refractivity contribution in [1.82, 2.24) is 4.98 Å². The van der Waals surface area contributed by atoms with Gasteiger partial charge in [0.15, 0.2) is 5.84 Å². The maximum absolute atomic E-state index is 12.9. The minimum Gasteiger partial charge on any atom is -0.462 e. The number of aliphatic imine (C=N–C) groups is 1. The van der Waals surface area contributed by atoms with Crippen LogP contribution in [0.5, 0.6) is 5.75 Å². The van der Waals surface area contributed by atoms with Crippen LogP contribution >= 0.6 is 0 Å². The zero-order valence-electron chi connectivity index (χ0n) is 15.9. The summed E-state index contributed by atoms with van der Waals surface area (Å²) in [5, 5.41) is 8.05. The van der Waals surface area contributed by atoms with Crippen molar-refractivity contribution in [3.63, 3.8) is 0 Å². The Labute approximate surface area is 170 Å². The molecule has 9 heteroatoms. The van der Waals surface area contributed by atoms with Gasteiger partial charge in [0, 0.05) is 6.08 Å². The predicted molar refractivity (Wildman–Crippen MR) is 105 cm³/mol. The molecule has 1 aromatic heterocycles. The van der Waals surface area contributed by atoms with Crippen LogP contribution in [-0.2, 0) is 15.7 Å². The number of benzene rings is 1. The molecule has 0 bridgehead atoms. The molecule has 0 spiro atoms. The third-order valence-corrected chi connectivity index (χ3v) is 3.48. The van der Waals surface area contributed by atoms with Crippen molar-refractivity contribution in [2.24, 2.45) is 4.99 Å². The second-order valence-corrected chi connectivity index (χ2v) is 5.64. The second kappa shape index (κ2) is 10.1. The van der Waals surface area contributed by atoms with E-state index in [0.29, 0.717) is 5.75 Å². The van der Waals surface area contributed by atoms with Crippen molar-refractivity contribution in [2.75, 3.05) is 6.61 Å². The highest BCUT2D eigenvalue weighted by Gasteiger charge is 2.32. The fourth-order valence-electron chi connectivity index (χ4n) is 2.13. The molecule has 156 valence electrons. The lowest BCUT2D eigenvalue weighted by molar-refractivity contribution is -0.141. The van der Waals surface area contributed by atoms with Gasteiger partial charge in [0.25, 0.3) is 0 Å². The van der Waals surface area contributed by atoms with Gasteiger partial charge in [0.1, 0.15) is 17.1 Å². The van der Waals surface area contributed by atoms with Crippen molar-refractivity contribution in [3.05, 3.63) is 84.2 Å². The second-order valence-electron chi connectivity index (χ2n) is 5.64. The van der Waals surface area contributed by atoms with Crippen molar-refractivity contribution < 1.29 is 27.4 Å². The summed E-state index contributed by atoms with van der Waals surface area (Å²) in [5.74, 6) is -1.17. The minimum atomic E-state index is -4.66. The Morgan fingerprint density at radius 3 is 2.50 bits per heavy atom. The number of aromatic nitrogens is 1. The number of carbonyl (C=O) groups excluding carboxylic acids is 1. The average molecular weight is 417 g/mol. The smallest absolute Gasteiger partial charge is 0.433 e. The lowest BCUT2D eigenvalue weighted by atomic mass is 10.2. The van der Waals surface area contributed by atoms with Crippen LogP contribution in [0.4, 0.5) is 13.2 Å². The van der Waals surface area contributed by atoms with Gasteiger partial charge in [-0.15, -0.1) is 0 Å². The molecule has 0 saturated heterocycles. The molecule has 0 aliphatic rings. The number of rotatable bonds is 6. The van der Waals surface area contributed by atoms with Gasteiger partial charge < -0.3 is 9.47 Å². The number of nitrogens with zero attached hydrogens (tertiary/aromatic N) is 2. The van der Waals surface area contributed by atoms with E-state index in [0.717, 1.165) is 12.1 Å². The summed E-state index contributed by atoms with van der Waals surface area (Å²) in [6, 6.07) is 11.5. The van der Waals surface area contributed by atoms with Crippen LogP contribution in [0.15, 0.2) is 77.8 Å². The number of ether oxygens (including phenoxy) is 2. The van der Waals surface area contributed by atoms with Crippen LogP contribution in [0, 0.1) is 5.41 Å². The topological polar surface area (TPSA) is 84.6 Å². The number of hydrogen-bond donors (Lipinski definition) is 1. The van der Waals surface area contributed by atoms with E-state index in [4.69, 9.17) is 14.9 Å². The molecular formula is C21H18F3N3O3. The van der Waals surface area contributed by atoms with E-state index in [9.17, 15) is 18.0 Å². The molecule has 0 aliphatic heterocycles. The Kier molecular flexibility index (Phi) is 7.62. The summed E-state index contributed by atoms with van der Waals surface area (Å²) >= 11 is 0. The van der Waals surface area contributed by atoms with Gasteiger partial charge in [-0.2, -0.15) is 18.2 Å². The highest BCUT2D eigenvalue weighted by atomic mass is 19.4. The van der Waals surface area contributed by atoms with Crippen LogP contribution in [0.2, 0.25) is 0 Å². The molecule has 1 heterocycles. The van der Waals surface area contributed by atoms with Gasteiger partial charge in [0.2, 0.25) is 5.90 Å². The number of pyridine rings is 1. The predicted octanol–water partition coefficient (Wildman–Crippen LogP) is 4.58. The summed E-state index contributed by atoms with van der Waals surface area (Å²) in [4.78, 5) is 19.3. The first-order chi connectivity index (χ1) is 14.2. The Balaban J connectivity index is 2.45. The van der Waals surface area contributed by atoms with E-state index >= 15 is 0 Å². The molecule has 0 amide bonds. The number of amidine groups is 1. The number of carbonyl (C=O) groups is 1. The first kappa shape index (κ1) is 22.5. The molecule has 0 fully saturated rings. The standard InChI is InChI=1S/C21H18F3N3O3/c1-3-14(20(28)29-4-2)13-18(30-15-9-6-5-7-10-15)27-19(25)16-11-8-12-17(26-16)21(22,23)24/h3,5-13,25H,1,4H2,2H3/b14-13-,25-19?,27-18?. The molecule has 0 atom stereocenters. The summed E-state index contributed by atoms with van der Waals surface area (Å²) in [6.07, 6.45) is -2.27. The maximum Gasteiger partial charge on any atom is 0.433 e. The minimum absolute atomic E-state index is 0.00340. The van der Waals surface area contributed by atoms with Gasteiger partial charge in [-0.05, 0) is 31.2 Å². The van der Waals surface area contributed by atoms with Crippen LogP contribution in [-0.4, -0.2) is 29.3 Å². The Bertz CT molecular complexity index is 984. The highest BCUT2D eigenvalue weighted by Crippen LogP contribution is 2.27. The monoisotopic (exact) mass is 417 g/mol. The lowest BCUT2D eigenvalue weighted by Crippen LogP contribution is -2.15. The molecule has 1 aromatic carbocycles. The van der Waals surface area contributed by atoms with Crippen LogP contribution in [0.1, 0.15) is 18.3 Å². The number of nitrogens with one attached hydrogen (secondary N) is 1. The number of alkyl halides is 3. The summed E-state index contributed by atoms with van der Waals surface area (Å²) in [6.45, 7) is 5.28. The molecule has 0 saturated carbocycles. The average Bonchev–Trinajstić information content (AvgIpc) is 2.72. The van der Waals surface area contributed by atoms with Crippen LogP contribution in [0.3, 0.4) is 0 Å². The third-order valence-electron chi connectivity index (χ3n) is 3.48. The Morgan fingerprint density at radius 2 is 1.90 bits per heavy atom. The number of halogens is 3. The maximum atomic E-state index is 12.9. The number of para-hydroxylation sites is 1. The first-order valence-corrected chi connectivity index (χ1v) is 8.70. The van der Waals surface area contributed by atoms with Crippen molar-refractivity contribution in [1.29, 1.82) is 5.41 Å². The van der Waals surface area contributed by atoms with E-state index in [2.05, 4.69) is 16.6 Å². The number of hydrogen-bond acceptors (Lipinski definition) is 5. The Hall–Kier alpha value is -3.75. The molecule has 0 aliphatic carbocycles. The SMILES string of the molecule is C=C/C(=C/C(=NC(=N)c1cccc(C(F)(F)F)n1)Oc1ccccc1)C(=O)OCC. The molecule has 0 radical (unpaired) electrons. The zero-order valence-corrected chi connectivity index (χ0v) is 15.9. The van der Waals surface area contributed by atoms with Gasteiger partial charge in [-0.25, -0.2) is 9.78 Å². The van der Waals surface area contributed by atoms with Gasteiger partial charge in [-0.3, -0.25) is 5.41 Å². The summed E-state index contributed by atoms with van der Waals surface area (Å²) in [5.41, 5.74) is -1.47. The fraction of sp³-hybridized carbons (Fsp3) is 0.143. The lowest BCUT2D eigenvalue weighted by Gasteiger charge is -2.09. The van der Waals surface area contributed by atoms with Crippen LogP contribution < -0.4 is 4.74 Å².